The van der Waals surface area contributed by atoms with Crippen molar-refractivity contribution in [2.24, 2.45) is 0 Å². The maximum absolute atomic E-state index is 12.3. The molecular weight excluding hydrogens is 240 g/mol. The lowest BCUT2D eigenvalue weighted by Gasteiger charge is -2.00. The summed E-state index contributed by atoms with van der Waals surface area (Å²) in [5.74, 6) is 0. The zero-order chi connectivity index (χ0) is 11.4. The zero-order valence-corrected chi connectivity index (χ0v) is 11.0. The standard InChI is InChI=1S/C11H12N2OS2/c1-5-4-13-10(14)9-8(12-11(13)15-5)6(2)7(3)16-9/h5H,4H2,1-3H3. The van der Waals surface area contributed by atoms with Crippen LogP contribution in [0.15, 0.2) is 9.95 Å². The van der Waals surface area contributed by atoms with Crippen LogP contribution in [0, 0.1) is 13.8 Å². The number of fused-ring (bicyclic) bond motifs is 2. The number of hydrogen-bond acceptors (Lipinski definition) is 4. The molecule has 0 saturated carbocycles. The van der Waals surface area contributed by atoms with Crippen LogP contribution in [0.5, 0.6) is 0 Å². The van der Waals surface area contributed by atoms with E-state index in [4.69, 9.17) is 0 Å². The van der Waals surface area contributed by atoms with E-state index in [1.807, 2.05) is 18.4 Å². The molecule has 1 atom stereocenters. The van der Waals surface area contributed by atoms with E-state index >= 15 is 0 Å². The number of thioether (sulfide) groups is 1. The van der Waals surface area contributed by atoms with Crippen molar-refractivity contribution >= 4 is 33.3 Å². The minimum Gasteiger partial charge on any atom is -0.285 e. The molecule has 3 heterocycles. The summed E-state index contributed by atoms with van der Waals surface area (Å²) in [5.41, 5.74) is 2.19. The third kappa shape index (κ3) is 1.28. The Hall–Kier alpha value is -0.810. The minimum atomic E-state index is 0.137. The molecule has 0 bridgehead atoms. The van der Waals surface area contributed by atoms with Crippen molar-refractivity contribution in [1.29, 1.82) is 0 Å². The molecule has 0 aromatic carbocycles. The van der Waals surface area contributed by atoms with Gasteiger partial charge < -0.3 is 0 Å². The van der Waals surface area contributed by atoms with E-state index < -0.39 is 0 Å². The Morgan fingerprint density at radius 2 is 2.19 bits per heavy atom. The second kappa shape index (κ2) is 3.34. The number of thiophene rings is 1. The molecule has 0 fully saturated rings. The van der Waals surface area contributed by atoms with E-state index in [9.17, 15) is 4.79 Å². The molecule has 0 N–H and O–H groups in total. The van der Waals surface area contributed by atoms with Crippen molar-refractivity contribution in [2.75, 3.05) is 0 Å². The third-order valence-corrected chi connectivity index (χ3v) is 5.24. The van der Waals surface area contributed by atoms with E-state index in [0.29, 0.717) is 5.25 Å². The van der Waals surface area contributed by atoms with Crippen molar-refractivity contribution in [3.05, 3.63) is 20.8 Å². The van der Waals surface area contributed by atoms with Crippen molar-refractivity contribution in [1.82, 2.24) is 9.55 Å². The number of hydrogen-bond donors (Lipinski definition) is 0. The van der Waals surface area contributed by atoms with E-state index in [1.54, 1.807) is 23.1 Å². The largest absolute Gasteiger partial charge is 0.285 e. The zero-order valence-electron chi connectivity index (χ0n) is 9.40. The van der Waals surface area contributed by atoms with Crippen LogP contribution in [0.2, 0.25) is 0 Å². The summed E-state index contributed by atoms with van der Waals surface area (Å²) in [7, 11) is 0. The van der Waals surface area contributed by atoms with E-state index in [1.165, 1.54) is 4.88 Å². The van der Waals surface area contributed by atoms with Gasteiger partial charge in [-0.15, -0.1) is 11.3 Å². The fourth-order valence-corrected chi connectivity index (χ4v) is 4.05. The second-order valence-electron chi connectivity index (χ2n) is 4.20. The van der Waals surface area contributed by atoms with Crippen molar-refractivity contribution < 1.29 is 0 Å². The maximum Gasteiger partial charge on any atom is 0.272 e. The molecule has 0 saturated heterocycles. The van der Waals surface area contributed by atoms with Gasteiger partial charge in [0.05, 0.1) is 5.52 Å². The predicted molar refractivity (Wildman–Crippen MR) is 68.7 cm³/mol. The highest BCUT2D eigenvalue weighted by Gasteiger charge is 2.24. The molecule has 2 aromatic rings. The summed E-state index contributed by atoms with van der Waals surface area (Å²) in [6.07, 6.45) is 0. The van der Waals surface area contributed by atoms with Gasteiger partial charge >= 0.3 is 0 Å². The van der Waals surface area contributed by atoms with E-state index in [2.05, 4.69) is 11.9 Å². The summed E-state index contributed by atoms with van der Waals surface area (Å²) < 4.78 is 2.63. The first-order valence-electron chi connectivity index (χ1n) is 5.25. The monoisotopic (exact) mass is 252 g/mol. The molecule has 3 rings (SSSR count). The van der Waals surface area contributed by atoms with Crippen LogP contribution >= 0.6 is 23.1 Å². The van der Waals surface area contributed by atoms with Crippen molar-refractivity contribution in [3.8, 4) is 0 Å². The number of aromatic nitrogens is 2. The van der Waals surface area contributed by atoms with Crippen LogP contribution in [-0.4, -0.2) is 14.8 Å². The highest BCUT2D eigenvalue weighted by atomic mass is 32.2. The van der Waals surface area contributed by atoms with Gasteiger partial charge in [0.15, 0.2) is 5.16 Å². The van der Waals surface area contributed by atoms with Crippen LogP contribution in [0.3, 0.4) is 0 Å². The van der Waals surface area contributed by atoms with Gasteiger partial charge in [-0.25, -0.2) is 4.98 Å². The summed E-state index contributed by atoms with van der Waals surface area (Å²) >= 11 is 3.26. The van der Waals surface area contributed by atoms with Crippen molar-refractivity contribution in [2.45, 2.75) is 37.7 Å². The summed E-state index contributed by atoms with van der Waals surface area (Å²) in [5, 5.41) is 1.34. The predicted octanol–water partition coefficient (Wildman–Crippen LogP) is 2.57. The SMILES string of the molecule is Cc1sc2c(=O)n3c(nc2c1C)SC(C)C3. The molecule has 0 spiro atoms. The van der Waals surface area contributed by atoms with Gasteiger partial charge in [0, 0.05) is 16.7 Å². The first-order chi connectivity index (χ1) is 7.58. The van der Waals surface area contributed by atoms with Gasteiger partial charge in [0.25, 0.3) is 5.56 Å². The Bertz CT molecular complexity index is 641. The average Bonchev–Trinajstić information content (AvgIpc) is 2.73. The molecule has 0 radical (unpaired) electrons. The van der Waals surface area contributed by atoms with Crippen LogP contribution in [0.25, 0.3) is 10.2 Å². The quantitative estimate of drug-likeness (QED) is 0.676. The molecule has 0 amide bonds. The Balaban J connectivity index is 2.42. The molecule has 84 valence electrons. The van der Waals surface area contributed by atoms with Gasteiger partial charge in [-0.2, -0.15) is 0 Å². The highest BCUT2D eigenvalue weighted by molar-refractivity contribution is 7.99. The molecule has 3 nitrogen and oxygen atoms in total. The molecule has 1 aliphatic rings. The smallest absolute Gasteiger partial charge is 0.272 e. The average molecular weight is 252 g/mol. The minimum absolute atomic E-state index is 0.137. The van der Waals surface area contributed by atoms with Gasteiger partial charge in [0.1, 0.15) is 4.70 Å². The maximum atomic E-state index is 12.3. The summed E-state index contributed by atoms with van der Waals surface area (Å²) in [6, 6.07) is 0. The molecule has 1 unspecified atom stereocenters. The topological polar surface area (TPSA) is 34.9 Å². The molecule has 5 heteroatoms. The van der Waals surface area contributed by atoms with Crippen LogP contribution in [0.4, 0.5) is 0 Å². The van der Waals surface area contributed by atoms with Gasteiger partial charge in [-0.05, 0) is 19.4 Å². The van der Waals surface area contributed by atoms with Crippen LogP contribution in [-0.2, 0) is 6.54 Å². The molecule has 16 heavy (non-hydrogen) atoms. The Labute approximate surface area is 102 Å². The lowest BCUT2D eigenvalue weighted by molar-refractivity contribution is 0.629. The normalized spacial score (nSPS) is 19.3. The van der Waals surface area contributed by atoms with Gasteiger partial charge in [-0.1, -0.05) is 18.7 Å². The fraction of sp³-hybridized carbons (Fsp3) is 0.455. The molecule has 1 aliphatic heterocycles. The first kappa shape index (κ1) is 10.4. The summed E-state index contributed by atoms with van der Waals surface area (Å²) in [4.78, 5) is 18.1. The Kier molecular flexibility index (Phi) is 2.16. The Morgan fingerprint density at radius 1 is 1.44 bits per heavy atom. The fourth-order valence-electron chi connectivity index (χ4n) is 1.99. The number of rotatable bonds is 0. The van der Waals surface area contributed by atoms with E-state index in [-0.39, 0.29) is 5.56 Å². The number of aryl methyl sites for hydroxylation is 2. The molecule has 2 aromatic heterocycles. The molecular formula is C11H12N2OS2. The van der Waals surface area contributed by atoms with Crippen LogP contribution < -0.4 is 5.56 Å². The van der Waals surface area contributed by atoms with Crippen LogP contribution in [0.1, 0.15) is 17.4 Å². The first-order valence-corrected chi connectivity index (χ1v) is 6.94. The number of nitrogens with zero attached hydrogens (tertiary/aromatic N) is 2. The lowest BCUT2D eigenvalue weighted by Crippen LogP contribution is -2.20. The molecule has 0 aliphatic carbocycles. The lowest BCUT2D eigenvalue weighted by atomic mass is 10.2. The van der Waals surface area contributed by atoms with Gasteiger partial charge in [-0.3, -0.25) is 9.36 Å². The van der Waals surface area contributed by atoms with Crippen molar-refractivity contribution in [3.63, 3.8) is 0 Å². The third-order valence-electron chi connectivity index (χ3n) is 2.98. The second-order valence-corrected chi connectivity index (χ2v) is 6.83. The highest BCUT2D eigenvalue weighted by Crippen LogP contribution is 2.33. The van der Waals surface area contributed by atoms with Gasteiger partial charge in [0.2, 0.25) is 0 Å². The Morgan fingerprint density at radius 3 is 2.94 bits per heavy atom. The van der Waals surface area contributed by atoms with E-state index in [0.717, 1.165) is 27.5 Å². The summed E-state index contributed by atoms with van der Waals surface area (Å²) in [6.45, 7) is 7.01.